The van der Waals surface area contributed by atoms with Crippen molar-refractivity contribution in [2.75, 3.05) is 6.61 Å². The quantitative estimate of drug-likeness (QED) is 0.452. The van der Waals surface area contributed by atoms with Crippen LogP contribution in [0.25, 0.3) is 5.65 Å². The summed E-state index contributed by atoms with van der Waals surface area (Å²) in [4.78, 5) is 17.9. The number of carbonyl (C=O) groups is 1. The van der Waals surface area contributed by atoms with E-state index in [2.05, 4.69) is 10.3 Å². The molecule has 34 heavy (non-hydrogen) atoms. The number of hydrogen-bond donors (Lipinski definition) is 2. The number of rotatable bonds is 6. The molecular weight excluding hydrogens is 440 g/mol. The number of aromatic nitrogens is 2. The van der Waals surface area contributed by atoms with Crippen molar-refractivity contribution in [2.45, 2.75) is 31.9 Å². The zero-order valence-electron chi connectivity index (χ0n) is 18.5. The van der Waals surface area contributed by atoms with Gasteiger partial charge in [0.15, 0.2) is 11.4 Å². The molecule has 8 heteroatoms. The molecule has 0 saturated carbocycles. The van der Waals surface area contributed by atoms with E-state index in [0.717, 1.165) is 17.5 Å². The highest BCUT2D eigenvalue weighted by Gasteiger charge is 2.40. The maximum absolute atomic E-state index is 14.0. The van der Waals surface area contributed by atoms with Crippen LogP contribution < -0.4 is 10.1 Å². The van der Waals surface area contributed by atoms with Gasteiger partial charge in [0.25, 0.3) is 5.91 Å². The lowest BCUT2D eigenvalue weighted by Gasteiger charge is -2.29. The standard InChI is InChI=1S/C26H23F2N3O3/c1-16-23(25(33)30-26(15-32)12-11-17-6-2-3-7-19(17)26)31-13-5-10-22(24(31)29-16)34-14-18-20(27)8-4-9-21(18)28/h2-10,13,32H,11-12,14-15H2,1H3,(H,30,33). The molecule has 2 heterocycles. The fraction of sp³-hybridized carbons (Fsp3) is 0.231. The summed E-state index contributed by atoms with van der Waals surface area (Å²) in [5.74, 6) is -1.49. The molecule has 1 aliphatic rings. The third-order valence-corrected chi connectivity index (χ3v) is 6.41. The molecule has 4 aromatic rings. The lowest BCUT2D eigenvalue weighted by molar-refractivity contribution is 0.0822. The van der Waals surface area contributed by atoms with Crippen LogP contribution in [0.15, 0.2) is 60.8 Å². The lowest BCUT2D eigenvalue weighted by atomic mass is 9.92. The Hall–Kier alpha value is -3.78. The summed E-state index contributed by atoms with van der Waals surface area (Å²) < 4.78 is 35.3. The first-order valence-electron chi connectivity index (χ1n) is 11.0. The van der Waals surface area contributed by atoms with Crippen LogP contribution in [0, 0.1) is 18.6 Å². The van der Waals surface area contributed by atoms with Crippen LogP contribution in [0.3, 0.4) is 0 Å². The van der Waals surface area contributed by atoms with Gasteiger partial charge in [0.2, 0.25) is 0 Å². The van der Waals surface area contributed by atoms with E-state index in [4.69, 9.17) is 4.74 Å². The number of benzene rings is 2. The first kappa shape index (κ1) is 22.0. The highest BCUT2D eigenvalue weighted by Crippen LogP contribution is 2.37. The normalized spacial score (nSPS) is 17.1. The van der Waals surface area contributed by atoms with Gasteiger partial charge in [-0.15, -0.1) is 0 Å². The van der Waals surface area contributed by atoms with Crippen LogP contribution >= 0.6 is 0 Å². The molecule has 2 N–H and O–H groups in total. The molecule has 0 fully saturated rings. The number of aliphatic hydroxyl groups excluding tert-OH is 1. The molecule has 0 saturated heterocycles. The van der Waals surface area contributed by atoms with Gasteiger partial charge in [-0.05, 0) is 55.2 Å². The lowest BCUT2D eigenvalue weighted by Crippen LogP contribution is -2.47. The molecule has 0 aliphatic heterocycles. The number of nitrogens with one attached hydrogen (secondary N) is 1. The SMILES string of the molecule is Cc1nc2c(OCc3c(F)cccc3F)cccn2c1C(=O)NC1(CO)CCc2ccccc21. The number of carbonyl (C=O) groups excluding carboxylic acids is 1. The van der Waals surface area contributed by atoms with E-state index in [1.54, 1.807) is 29.7 Å². The molecule has 1 atom stereocenters. The molecule has 2 aromatic heterocycles. The van der Waals surface area contributed by atoms with Crippen molar-refractivity contribution in [2.24, 2.45) is 0 Å². The molecule has 1 aliphatic carbocycles. The number of nitrogens with zero attached hydrogens (tertiary/aromatic N) is 2. The van der Waals surface area contributed by atoms with Gasteiger partial charge < -0.3 is 15.2 Å². The van der Waals surface area contributed by atoms with Gasteiger partial charge in [0.1, 0.15) is 23.9 Å². The zero-order chi connectivity index (χ0) is 23.9. The maximum Gasteiger partial charge on any atom is 0.270 e. The van der Waals surface area contributed by atoms with Gasteiger partial charge in [-0.1, -0.05) is 30.3 Å². The Labute approximate surface area is 194 Å². The Kier molecular flexibility index (Phi) is 5.53. The Morgan fingerprint density at radius 3 is 2.68 bits per heavy atom. The second-order valence-corrected chi connectivity index (χ2v) is 8.45. The van der Waals surface area contributed by atoms with E-state index in [9.17, 15) is 18.7 Å². The number of aryl methyl sites for hydroxylation is 2. The average Bonchev–Trinajstić information content (AvgIpc) is 3.37. The van der Waals surface area contributed by atoms with E-state index in [1.165, 1.54) is 18.2 Å². The molecule has 1 unspecified atom stereocenters. The molecule has 0 radical (unpaired) electrons. The molecule has 0 spiro atoms. The summed E-state index contributed by atoms with van der Waals surface area (Å²) in [6, 6.07) is 14.7. The molecule has 174 valence electrons. The van der Waals surface area contributed by atoms with E-state index in [0.29, 0.717) is 23.5 Å². The number of hydrogen-bond acceptors (Lipinski definition) is 4. The summed E-state index contributed by atoms with van der Waals surface area (Å²) in [6.45, 7) is 1.15. The minimum Gasteiger partial charge on any atom is -0.485 e. The van der Waals surface area contributed by atoms with Crippen LogP contribution in [-0.2, 0) is 18.6 Å². The third kappa shape index (κ3) is 3.60. The van der Waals surface area contributed by atoms with Crippen LogP contribution in [0.4, 0.5) is 8.78 Å². The molecule has 0 bridgehead atoms. The minimum absolute atomic E-state index is 0.185. The Balaban J connectivity index is 1.46. The van der Waals surface area contributed by atoms with E-state index in [1.807, 2.05) is 24.3 Å². The minimum atomic E-state index is -0.874. The van der Waals surface area contributed by atoms with Gasteiger partial charge in [-0.25, -0.2) is 13.8 Å². The van der Waals surface area contributed by atoms with Crippen molar-refractivity contribution in [3.8, 4) is 5.75 Å². The van der Waals surface area contributed by atoms with Gasteiger partial charge in [-0.2, -0.15) is 0 Å². The van der Waals surface area contributed by atoms with E-state index >= 15 is 0 Å². The zero-order valence-corrected chi connectivity index (χ0v) is 18.5. The molecule has 1 amide bonds. The van der Waals surface area contributed by atoms with E-state index < -0.39 is 17.2 Å². The summed E-state index contributed by atoms with van der Waals surface area (Å²) in [5.41, 5.74) is 2.07. The number of ether oxygens (including phenoxy) is 1. The van der Waals surface area contributed by atoms with Crippen molar-refractivity contribution in [1.82, 2.24) is 14.7 Å². The fourth-order valence-electron chi connectivity index (χ4n) is 4.66. The maximum atomic E-state index is 14.0. The number of amides is 1. The van der Waals surface area contributed by atoms with Crippen molar-refractivity contribution >= 4 is 11.6 Å². The predicted molar refractivity (Wildman–Crippen MR) is 122 cm³/mol. The van der Waals surface area contributed by atoms with Crippen molar-refractivity contribution in [3.05, 3.63) is 101 Å². The Morgan fingerprint density at radius 2 is 1.91 bits per heavy atom. The molecular formula is C26H23F2N3O3. The van der Waals surface area contributed by atoms with Gasteiger partial charge in [0, 0.05) is 6.20 Å². The smallest absolute Gasteiger partial charge is 0.270 e. The van der Waals surface area contributed by atoms with Gasteiger partial charge in [0.05, 0.1) is 23.4 Å². The largest absolute Gasteiger partial charge is 0.485 e. The Morgan fingerprint density at radius 1 is 1.15 bits per heavy atom. The highest BCUT2D eigenvalue weighted by atomic mass is 19.1. The van der Waals surface area contributed by atoms with Crippen LogP contribution in [0.2, 0.25) is 0 Å². The fourth-order valence-corrected chi connectivity index (χ4v) is 4.66. The van der Waals surface area contributed by atoms with Gasteiger partial charge in [-0.3, -0.25) is 9.20 Å². The topological polar surface area (TPSA) is 75.9 Å². The van der Waals surface area contributed by atoms with Crippen molar-refractivity contribution in [1.29, 1.82) is 0 Å². The number of pyridine rings is 1. The second-order valence-electron chi connectivity index (χ2n) is 8.45. The average molecular weight is 463 g/mol. The van der Waals surface area contributed by atoms with Crippen LogP contribution in [0.5, 0.6) is 5.75 Å². The van der Waals surface area contributed by atoms with E-state index in [-0.39, 0.29) is 30.4 Å². The van der Waals surface area contributed by atoms with Crippen LogP contribution in [0.1, 0.15) is 39.3 Å². The number of aliphatic hydroxyl groups is 1. The summed E-state index contributed by atoms with van der Waals surface area (Å²) in [7, 11) is 0. The number of halogens is 2. The second kappa shape index (κ2) is 8.53. The first-order chi connectivity index (χ1) is 16.4. The van der Waals surface area contributed by atoms with Crippen LogP contribution in [-0.4, -0.2) is 27.0 Å². The summed E-state index contributed by atoms with van der Waals surface area (Å²) in [5, 5.41) is 13.3. The molecule has 5 rings (SSSR count). The third-order valence-electron chi connectivity index (χ3n) is 6.41. The number of fused-ring (bicyclic) bond motifs is 2. The van der Waals surface area contributed by atoms with Crippen molar-refractivity contribution < 1.29 is 23.4 Å². The highest BCUT2D eigenvalue weighted by molar-refractivity contribution is 5.95. The molecule has 2 aromatic carbocycles. The predicted octanol–water partition coefficient (Wildman–Crippen LogP) is 4.06. The summed E-state index contributed by atoms with van der Waals surface area (Å²) in [6.07, 6.45) is 3.02. The first-order valence-corrected chi connectivity index (χ1v) is 11.0. The molecule has 6 nitrogen and oxygen atoms in total. The van der Waals surface area contributed by atoms with Gasteiger partial charge >= 0.3 is 0 Å². The Bertz CT molecular complexity index is 1380. The summed E-state index contributed by atoms with van der Waals surface area (Å²) >= 11 is 0. The van der Waals surface area contributed by atoms with Crippen molar-refractivity contribution in [3.63, 3.8) is 0 Å². The monoisotopic (exact) mass is 463 g/mol. The number of imidazole rings is 1.